The maximum atomic E-state index is 12.3. The van der Waals surface area contributed by atoms with Gasteiger partial charge in [0.1, 0.15) is 0 Å². The lowest BCUT2D eigenvalue weighted by Gasteiger charge is -2.21. The number of carbonyl (C=O) groups is 2. The first-order chi connectivity index (χ1) is 13.0. The van der Waals surface area contributed by atoms with Gasteiger partial charge in [-0.1, -0.05) is 24.3 Å². The summed E-state index contributed by atoms with van der Waals surface area (Å²) in [7, 11) is 0. The number of amides is 1. The molecule has 1 heterocycles. The number of esters is 1. The molecule has 1 N–H and O–H groups in total. The SMILES string of the molecule is Cc1cccc(NC(=O)[C@H](C)OC(=O)c2ccc(C3SCCCS3)cc2)c1. The Bertz CT molecular complexity index is 801. The largest absolute Gasteiger partial charge is 0.449 e. The smallest absolute Gasteiger partial charge is 0.338 e. The number of benzene rings is 2. The summed E-state index contributed by atoms with van der Waals surface area (Å²) < 4.78 is 5.76. The molecule has 0 saturated carbocycles. The summed E-state index contributed by atoms with van der Waals surface area (Å²) in [5.41, 5.74) is 3.41. The maximum absolute atomic E-state index is 12.3. The van der Waals surface area contributed by atoms with Crippen molar-refractivity contribution in [2.24, 2.45) is 0 Å². The molecule has 0 spiro atoms. The van der Waals surface area contributed by atoms with Crippen LogP contribution in [0.15, 0.2) is 48.5 Å². The molecule has 0 unspecified atom stereocenters. The number of hydrogen-bond donors (Lipinski definition) is 1. The predicted molar refractivity (Wildman–Crippen MR) is 113 cm³/mol. The number of rotatable bonds is 5. The second-order valence-electron chi connectivity index (χ2n) is 6.46. The number of carbonyl (C=O) groups excluding carboxylic acids is 2. The zero-order chi connectivity index (χ0) is 19.2. The van der Waals surface area contributed by atoms with Crippen molar-refractivity contribution in [2.75, 3.05) is 16.8 Å². The Morgan fingerprint density at radius 1 is 1.11 bits per heavy atom. The van der Waals surface area contributed by atoms with Gasteiger partial charge in [-0.05, 0) is 67.2 Å². The zero-order valence-corrected chi connectivity index (χ0v) is 17.1. The summed E-state index contributed by atoms with van der Waals surface area (Å²) in [5.74, 6) is 1.52. The summed E-state index contributed by atoms with van der Waals surface area (Å²) in [5, 5.41) is 2.77. The lowest BCUT2D eigenvalue weighted by atomic mass is 10.1. The topological polar surface area (TPSA) is 55.4 Å². The number of nitrogens with one attached hydrogen (secondary N) is 1. The first-order valence-corrected chi connectivity index (χ1v) is 11.0. The third-order valence-corrected chi connectivity index (χ3v) is 7.20. The molecule has 0 aliphatic carbocycles. The van der Waals surface area contributed by atoms with Gasteiger partial charge in [-0.25, -0.2) is 4.79 Å². The van der Waals surface area contributed by atoms with Crippen molar-refractivity contribution in [1.82, 2.24) is 0 Å². The van der Waals surface area contributed by atoms with Gasteiger partial charge in [-0.2, -0.15) is 0 Å². The minimum absolute atomic E-state index is 0.347. The minimum atomic E-state index is -0.873. The molecule has 1 aliphatic heterocycles. The fourth-order valence-electron chi connectivity index (χ4n) is 2.71. The van der Waals surface area contributed by atoms with E-state index in [2.05, 4.69) is 5.32 Å². The van der Waals surface area contributed by atoms with Crippen LogP contribution in [0.5, 0.6) is 0 Å². The van der Waals surface area contributed by atoms with Gasteiger partial charge >= 0.3 is 5.97 Å². The molecule has 1 fully saturated rings. The molecule has 1 saturated heterocycles. The zero-order valence-electron chi connectivity index (χ0n) is 15.4. The first kappa shape index (κ1) is 19.8. The predicted octanol–water partition coefficient (Wildman–Crippen LogP) is 5.05. The van der Waals surface area contributed by atoms with Crippen LogP contribution < -0.4 is 5.32 Å². The van der Waals surface area contributed by atoms with Gasteiger partial charge in [-0.3, -0.25) is 4.79 Å². The second-order valence-corrected chi connectivity index (χ2v) is 9.18. The molecule has 4 nitrogen and oxygen atoms in total. The van der Waals surface area contributed by atoms with E-state index in [-0.39, 0.29) is 5.91 Å². The number of ether oxygens (including phenoxy) is 1. The molecule has 1 amide bonds. The number of aryl methyl sites for hydroxylation is 1. The molecule has 2 aromatic carbocycles. The van der Waals surface area contributed by atoms with Gasteiger partial charge in [-0.15, -0.1) is 23.5 Å². The highest BCUT2D eigenvalue weighted by molar-refractivity contribution is 8.16. The van der Waals surface area contributed by atoms with E-state index in [4.69, 9.17) is 4.74 Å². The highest BCUT2D eigenvalue weighted by Gasteiger charge is 2.20. The lowest BCUT2D eigenvalue weighted by molar-refractivity contribution is -0.123. The van der Waals surface area contributed by atoms with E-state index < -0.39 is 12.1 Å². The molecule has 0 aromatic heterocycles. The monoisotopic (exact) mass is 401 g/mol. The van der Waals surface area contributed by atoms with Gasteiger partial charge in [0.25, 0.3) is 5.91 Å². The maximum Gasteiger partial charge on any atom is 0.338 e. The van der Waals surface area contributed by atoms with E-state index in [0.29, 0.717) is 15.8 Å². The fourth-order valence-corrected chi connectivity index (χ4v) is 5.60. The van der Waals surface area contributed by atoms with Crippen LogP contribution in [0, 0.1) is 6.92 Å². The van der Waals surface area contributed by atoms with Crippen molar-refractivity contribution in [1.29, 1.82) is 0 Å². The number of anilines is 1. The Balaban J connectivity index is 1.56. The van der Waals surface area contributed by atoms with Gasteiger partial charge in [0.2, 0.25) is 0 Å². The Morgan fingerprint density at radius 2 is 1.81 bits per heavy atom. The van der Waals surface area contributed by atoms with Crippen molar-refractivity contribution >= 4 is 41.1 Å². The van der Waals surface area contributed by atoms with Crippen LogP contribution in [0.2, 0.25) is 0 Å². The van der Waals surface area contributed by atoms with Crippen LogP contribution >= 0.6 is 23.5 Å². The Morgan fingerprint density at radius 3 is 2.48 bits per heavy atom. The van der Waals surface area contributed by atoms with E-state index in [1.807, 2.05) is 60.8 Å². The molecular formula is C21H23NO3S2. The van der Waals surface area contributed by atoms with Crippen LogP contribution in [-0.4, -0.2) is 29.5 Å². The average molecular weight is 402 g/mol. The van der Waals surface area contributed by atoms with Gasteiger partial charge in [0.05, 0.1) is 10.1 Å². The van der Waals surface area contributed by atoms with Crippen LogP contribution in [-0.2, 0) is 9.53 Å². The van der Waals surface area contributed by atoms with Crippen LogP contribution in [0.3, 0.4) is 0 Å². The van der Waals surface area contributed by atoms with E-state index in [1.165, 1.54) is 23.5 Å². The highest BCUT2D eigenvalue weighted by atomic mass is 32.2. The molecule has 0 radical (unpaired) electrons. The van der Waals surface area contributed by atoms with Crippen LogP contribution in [0.25, 0.3) is 0 Å². The third kappa shape index (κ3) is 5.53. The number of hydrogen-bond acceptors (Lipinski definition) is 5. The number of thioether (sulfide) groups is 2. The summed E-state index contributed by atoms with van der Waals surface area (Å²) in [6.07, 6.45) is 0.376. The van der Waals surface area contributed by atoms with Gasteiger partial charge in [0, 0.05) is 5.69 Å². The third-order valence-electron chi connectivity index (χ3n) is 4.18. The quantitative estimate of drug-likeness (QED) is 0.711. The second kappa shape index (κ2) is 9.33. The normalized spacial score (nSPS) is 15.8. The lowest BCUT2D eigenvalue weighted by Crippen LogP contribution is -2.30. The van der Waals surface area contributed by atoms with E-state index in [0.717, 1.165) is 5.56 Å². The molecule has 27 heavy (non-hydrogen) atoms. The van der Waals surface area contributed by atoms with Crippen LogP contribution in [0.4, 0.5) is 5.69 Å². The van der Waals surface area contributed by atoms with Gasteiger partial charge in [0.15, 0.2) is 6.10 Å². The average Bonchev–Trinajstić information content (AvgIpc) is 2.68. The minimum Gasteiger partial charge on any atom is -0.449 e. The molecule has 3 rings (SSSR count). The summed E-state index contributed by atoms with van der Waals surface area (Å²) in [6.45, 7) is 3.53. The van der Waals surface area contributed by atoms with Crippen molar-refractivity contribution in [3.8, 4) is 0 Å². The summed E-state index contributed by atoms with van der Waals surface area (Å²) in [4.78, 5) is 24.6. The van der Waals surface area contributed by atoms with E-state index in [1.54, 1.807) is 25.1 Å². The molecule has 2 aromatic rings. The highest BCUT2D eigenvalue weighted by Crippen LogP contribution is 2.43. The van der Waals surface area contributed by atoms with Gasteiger partial charge < -0.3 is 10.1 Å². The fraction of sp³-hybridized carbons (Fsp3) is 0.333. The van der Waals surface area contributed by atoms with Crippen molar-refractivity contribution in [2.45, 2.75) is 31.0 Å². The molecule has 1 aliphatic rings. The summed E-state index contributed by atoms with van der Waals surface area (Å²) in [6, 6.07) is 15.0. The molecule has 142 valence electrons. The Hall–Kier alpha value is -1.92. The van der Waals surface area contributed by atoms with E-state index >= 15 is 0 Å². The first-order valence-electron chi connectivity index (χ1n) is 8.94. The molecule has 6 heteroatoms. The van der Waals surface area contributed by atoms with Crippen molar-refractivity contribution in [3.63, 3.8) is 0 Å². The Labute approximate surface area is 168 Å². The molecule has 1 atom stereocenters. The molecule has 0 bridgehead atoms. The standard InChI is InChI=1S/C21H23NO3S2/c1-14-5-3-6-18(13-14)22-19(23)15(2)25-20(24)16-7-9-17(10-8-16)21-26-11-4-12-27-21/h3,5-10,13,15,21H,4,11-12H2,1-2H3,(H,22,23)/t15-/m0/s1. The van der Waals surface area contributed by atoms with Crippen molar-refractivity contribution < 1.29 is 14.3 Å². The summed E-state index contributed by atoms with van der Waals surface area (Å²) >= 11 is 3.88. The molecular weight excluding hydrogens is 378 g/mol. The van der Waals surface area contributed by atoms with Crippen molar-refractivity contribution in [3.05, 3.63) is 65.2 Å². The Kier molecular flexibility index (Phi) is 6.85. The van der Waals surface area contributed by atoms with E-state index in [9.17, 15) is 9.59 Å². The van der Waals surface area contributed by atoms with Crippen LogP contribution in [0.1, 0.15) is 39.4 Å².